The van der Waals surface area contributed by atoms with Gasteiger partial charge in [0.1, 0.15) is 11.6 Å². The molecule has 0 aliphatic carbocycles. The van der Waals surface area contributed by atoms with E-state index in [-0.39, 0.29) is 11.1 Å². The molecule has 1 heterocycles. The van der Waals surface area contributed by atoms with Gasteiger partial charge in [-0.3, -0.25) is 0 Å². The molecule has 1 fully saturated rings. The lowest BCUT2D eigenvalue weighted by atomic mass is 10.0. The number of hydrogen-bond acceptors (Lipinski definition) is 4. The molecule has 0 spiro atoms. The average molecular weight is 337 g/mol. The summed E-state index contributed by atoms with van der Waals surface area (Å²) in [6.07, 6.45) is 2.54. The molecular formula is C20H16FNO3. The maximum absolute atomic E-state index is 13.9. The van der Waals surface area contributed by atoms with E-state index in [0.717, 1.165) is 6.42 Å². The summed E-state index contributed by atoms with van der Waals surface area (Å²) in [6.45, 7) is 0.566. The van der Waals surface area contributed by atoms with Gasteiger partial charge in [-0.2, -0.15) is 5.26 Å². The summed E-state index contributed by atoms with van der Waals surface area (Å²) < 4.78 is 24.5. The second-order valence-electron chi connectivity index (χ2n) is 5.64. The van der Waals surface area contributed by atoms with Crippen molar-refractivity contribution in [2.24, 2.45) is 0 Å². The van der Waals surface area contributed by atoms with Crippen molar-refractivity contribution in [3.63, 3.8) is 0 Å². The fourth-order valence-electron chi connectivity index (χ4n) is 2.63. The maximum atomic E-state index is 13.9. The van der Waals surface area contributed by atoms with Crippen LogP contribution in [0.1, 0.15) is 24.0 Å². The number of halogens is 1. The lowest BCUT2D eigenvalue weighted by Gasteiger charge is -2.09. The standard InChI is InChI=1S/C20H16FNO3/c21-18-8-2-1-7-17(18)15(13-22)11-14-5-3-6-16(12-14)25-20(23)19-9-4-10-24-19/h1-3,5-8,11-12,19H,4,9-10H2/b15-11-. The smallest absolute Gasteiger partial charge is 0.340 e. The third-order valence-electron chi connectivity index (χ3n) is 3.86. The maximum Gasteiger partial charge on any atom is 0.340 e. The molecule has 126 valence electrons. The van der Waals surface area contributed by atoms with Gasteiger partial charge in [-0.1, -0.05) is 30.3 Å². The van der Waals surface area contributed by atoms with Crippen molar-refractivity contribution in [3.05, 3.63) is 65.5 Å². The molecule has 1 atom stereocenters. The van der Waals surface area contributed by atoms with Crippen LogP contribution < -0.4 is 4.74 Å². The highest BCUT2D eigenvalue weighted by Crippen LogP contribution is 2.23. The molecule has 5 heteroatoms. The number of rotatable bonds is 4. The minimum absolute atomic E-state index is 0.195. The van der Waals surface area contributed by atoms with Crippen molar-refractivity contribution in [3.8, 4) is 11.8 Å². The van der Waals surface area contributed by atoms with Crippen LogP contribution in [-0.2, 0) is 9.53 Å². The van der Waals surface area contributed by atoms with E-state index in [1.807, 2.05) is 6.07 Å². The van der Waals surface area contributed by atoms with Crippen LogP contribution in [0.3, 0.4) is 0 Å². The quantitative estimate of drug-likeness (QED) is 0.366. The average Bonchev–Trinajstić information content (AvgIpc) is 3.15. The van der Waals surface area contributed by atoms with Crippen molar-refractivity contribution >= 4 is 17.6 Å². The number of hydrogen-bond donors (Lipinski definition) is 0. The molecule has 1 aliphatic heterocycles. The van der Waals surface area contributed by atoms with Crippen LogP contribution in [0, 0.1) is 17.1 Å². The summed E-state index contributed by atoms with van der Waals surface area (Å²) in [5.74, 6) is -0.524. The zero-order valence-electron chi connectivity index (χ0n) is 13.4. The Morgan fingerprint density at radius 3 is 2.84 bits per heavy atom. The Hall–Kier alpha value is -2.97. The van der Waals surface area contributed by atoms with Gasteiger partial charge in [0.05, 0.1) is 11.6 Å². The first kappa shape index (κ1) is 16.9. The molecule has 2 aromatic rings. The second-order valence-corrected chi connectivity index (χ2v) is 5.64. The minimum atomic E-state index is -0.521. The molecule has 0 saturated carbocycles. The van der Waals surface area contributed by atoms with Crippen LogP contribution >= 0.6 is 0 Å². The fourth-order valence-corrected chi connectivity index (χ4v) is 2.63. The van der Waals surface area contributed by atoms with Crippen LogP contribution in [-0.4, -0.2) is 18.7 Å². The summed E-state index contributed by atoms with van der Waals surface area (Å²) >= 11 is 0. The summed E-state index contributed by atoms with van der Waals surface area (Å²) in [6, 6.07) is 14.8. The van der Waals surface area contributed by atoms with E-state index in [2.05, 4.69) is 0 Å². The molecular weight excluding hydrogens is 321 g/mol. The predicted octanol–water partition coefficient (Wildman–Crippen LogP) is 3.97. The molecule has 0 N–H and O–H groups in total. The molecule has 3 rings (SSSR count). The first-order valence-electron chi connectivity index (χ1n) is 7.97. The highest BCUT2D eigenvalue weighted by Gasteiger charge is 2.25. The molecule has 0 radical (unpaired) electrons. The third-order valence-corrected chi connectivity index (χ3v) is 3.86. The number of ether oxygens (including phenoxy) is 2. The normalized spacial score (nSPS) is 17.1. The lowest BCUT2D eigenvalue weighted by Crippen LogP contribution is -2.24. The Morgan fingerprint density at radius 1 is 1.28 bits per heavy atom. The molecule has 0 aromatic heterocycles. The van der Waals surface area contributed by atoms with E-state index < -0.39 is 17.9 Å². The van der Waals surface area contributed by atoms with E-state index in [9.17, 15) is 14.4 Å². The predicted molar refractivity (Wildman–Crippen MR) is 90.9 cm³/mol. The fraction of sp³-hybridized carbons (Fsp3) is 0.200. The van der Waals surface area contributed by atoms with Gasteiger partial charge < -0.3 is 9.47 Å². The van der Waals surface area contributed by atoms with Gasteiger partial charge in [-0.15, -0.1) is 0 Å². The zero-order valence-corrected chi connectivity index (χ0v) is 13.4. The Morgan fingerprint density at radius 2 is 2.12 bits per heavy atom. The Balaban J connectivity index is 1.82. The van der Waals surface area contributed by atoms with Gasteiger partial charge in [0.25, 0.3) is 0 Å². The van der Waals surface area contributed by atoms with Crippen molar-refractivity contribution in [2.45, 2.75) is 18.9 Å². The van der Waals surface area contributed by atoms with Crippen molar-refractivity contribution in [2.75, 3.05) is 6.61 Å². The summed E-state index contributed by atoms with van der Waals surface area (Å²) in [7, 11) is 0. The number of nitrogens with zero attached hydrogens (tertiary/aromatic N) is 1. The molecule has 25 heavy (non-hydrogen) atoms. The van der Waals surface area contributed by atoms with E-state index >= 15 is 0 Å². The van der Waals surface area contributed by atoms with E-state index in [1.165, 1.54) is 6.07 Å². The Labute approximate surface area is 145 Å². The summed E-state index contributed by atoms with van der Waals surface area (Å²) in [5, 5.41) is 9.34. The second kappa shape index (κ2) is 7.73. The largest absolute Gasteiger partial charge is 0.425 e. The topological polar surface area (TPSA) is 59.3 Å². The van der Waals surface area contributed by atoms with E-state index in [4.69, 9.17) is 9.47 Å². The molecule has 4 nitrogen and oxygen atoms in total. The first-order chi connectivity index (χ1) is 12.2. The molecule has 0 bridgehead atoms. The van der Waals surface area contributed by atoms with Crippen LogP contribution in [0.15, 0.2) is 48.5 Å². The highest BCUT2D eigenvalue weighted by molar-refractivity contribution is 5.90. The van der Waals surface area contributed by atoms with Crippen LogP contribution in [0.2, 0.25) is 0 Å². The number of carbonyl (C=O) groups excluding carboxylic acids is 1. The van der Waals surface area contributed by atoms with E-state index in [0.29, 0.717) is 24.3 Å². The SMILES string of the molecule is N#C/C(=C/c1cccc(OC(=O)C2CCCO2)c1)c1ccccc1F. The molecule has 1 saturated heterocycles. The number of nitriles is 1. The zero-order chi connectivity index (χ0) is 17.6. The van der Waals surface area contributed by atoms with Crippen LogP contribution in [0.5, 0.6) is 5.75 Å². The Kier molecular flexibility index (Phi) is 5.22. The van der Waals surface area contributed by atoms with Gasteiger partial charge in [-0.05, 0) is 42.7 Å². The monoisotopic (exact) mass is 337 g/mol. The molecule has 0 amide bonds. The van der Waals surface area contributed by atoms with Gasteiger partial charge in [0.15, 0.2) is 6.10 Å². The first-order valence-corrected chi connectivity index (χ1v) is 7.97. The van der Waals surface area contributed by atoms with Gasteiger partial charge >= 0.3 is 5.97 Å². The third kappa shape index (κ3) is 4.11. The molecule has 2 aromatic carbocycles. The van der Waals surface area contributed by atoms with Gasteiger partial charge in [0, 0.05) is 12.2 Å². The van der Waals surface area contributed by atoms with E-state index in [1.54, 1.807) is 48.5 Å². The number of esters is 1. The van der Waals surface area contributed by atoms with Gasteiger partial charge in [0.2, 0.25) is 0 Å². The van der Waals surface area contributed by atoms with Crippen molar-refractivity contribution < 1.29 is 18.7 Å². The minimum Gasteiger partial charge on any atom is -0.425 e. The number of carbonyl (C=O) groups is 1. The lowest BCUT2D eigenvalue weighted by molar-refractivity contribution is -0.144. The number of allylic oxidation sites excluding steroid dienone is 1. The van der Waals surface area contributed by atoms with Gasteiger partial charge in [-0.25, -0.2) is 9.18 Å². The number of benzene rings is 2. The molecule has 1 unspecified atom stereocenters. The van der Waals surface area contributed by atoms with Crippen molar-refractivity contribution in [1.29, 1.82) is 5.26 Å². The summed E-state index contributed by atoms with van der Waals surface area (Å²) in [5.41, 5.74) is 1.06. The Bertz CT molecular complexity index is 848. The van der Waals surface area contributed by atoms with Crippen LogP contribution in [0.25, 0.3) is 11.6 Å². The highest BCUT2D eigenvalue weighted by atomic mass is 19.1. The molecule has 1 aliphatic rings. The van der Waals surface area contributed by atoms with Crippen molar-refractivity contribution in [1.82, 2.24) is 0 Å². The van der Waals surface area contributed by atoms with Crippen LogP contribution in [0.4, 0.5) is 4.39 Å². The summed E-state index contributed by atoms with van der Waals surface area (Å²) in [4.78, 5) is 12.0.